The molecule has 0 N–H and O–H groups in total. The number of rotatable bonds is 2. The minimum atomic E-state index is 0.859. The van der Waals surface area contributed by atoms with E-state index in [-0.39, 0.29) is 0 Å². The molecule has 3 heterocycles. The molecular weight excluding hydrogens is 342 g/mol. The first-order valence-electron chi connectivity index (χ1n) is 9.56. The van der Waals surface area contributed by atoms with Crippen molar-refractivity contribution in [1.82, 2.24) is 9.97 Å². The Kier molecular flexibility index (Phi) is 3.94. The van der Waals surface area contributed by atoms with Crippen molar-refractivity contribution in [3.8, 4) is 11.1 Å². The van der Waals surface area contributed by atoms with E-state index >= 15 is 0 Å². The number of pyridine rings is 2. The Morgan fingerprint density at radius 3 is 1.93 bits per heavy atom. The number of nitrogens with zero attached hydrogens (tertiary/aromatic N) is 3. The number of para-hydroxylation sites is 1. The third-order valence-electron chi connectivity index (χ3n) is 5.19. The largest absolute Gasteiger partial charge is 0.278 e. The summed E-state index contributed by atoms with van der Waals surface area (Å²) in [6, 6.07) is 23.5. The summed E-state index contributed by atoms with van der Waals surface area (Å²) in [4.78, 5) is 11.9. The quantitative estimate of drug-likeness (QED) is 0.377. The lowest BCUT2D eigenvalue weighted by atomic mass is 9.96. The molecule has 0 fully saturated rings. The molecule has 2 aromatic heterocycles. The second-order valence-corrected chi connectivity index (χ2v) is 7.39. The Balaban J connectivity index is 1.78. The summed E-state index contributed by atoms with van der Waals surface area (Å²) in [5.41, 5.74) is 8.30. The van der Waals surface area contributed by atoms with Gasteiger partial charge in [-0.1, -0.05) is 60.7 Å². The van der Waals surface area contributed by atoms with Gasteiger partial charge >= 0.3 is 0 Å². The van der Waals surface area contributed by atoms with Gasteiger partial charge in [0, 0.05) is 35.5 Å². The van der Waals surface area contributed by atoms with E-state index in [0.717, 1.165) is 23.7 Å². The maximum atomic E-state index is 4.82. The van der Waals surface area contributed by atoms with Crippen LogP contribution in [0.4, 0.5) is 17.3 Å². The van der Waals surface area contributed by atoms with Crippen molar-refractivity contribution in [1.29, 1.82) is 0 Å². The van der Waals surface area contributed by atoms with Crippen molar-refractivity contribution in [2.24, 2.45) is 0 Å². The van der Waals surface area contributed by atoms with Crippen molar-refractivity contribution in [2.75, 3.05) is 4.90 Å². The zero-order chi connectivity index (χ0) is 19.1. The second kappa shape index (κ2) is 6.61. The summed E-state index contributed by atoms with van der Waals surface area (Å²) < 4.78 is 0. The summed E-state index contributed by atoms with van der Waals surface area (Å²) >= 11 is 0. The van der Waals surface area contributed by atoms with Gasteiger partial charge in [-0.15, -0.1) is 0 Å². The number of benzene rings is 2. The molecule has 5 rings (SSSR count). The van der Waals surface area contributed by atoms with Gasteiger partial charge in [0.05, 0.1) is 5.69 Å². The summed E-state index contributed by atoms with van der Waals surface area (Å²) in [5, 5.41) is 0. The van der Waals surface area contributed by atoms with Crippen molar-refractivity contribution in [2.45, 2.75) is 20.3 Å². The van der Waals surface area contributed by atoms with Gasteiger partial charge in [-0.3, -0.25) is 4.90 Å². The first-order valence-corrected chi connectivity index (χ1v) is 9.56. The average molecular weight is 363 g/mol. The average Bonchev–Trinajstić information content (AvgIpc) is 2.72. The van der Waals surface area contributed by atoms with E-state index in [1.165, 1.54) is 33.4 Å². The summed E-state index contributed by atoms with van der Waals surface area (Å²) in [7, 11) is 0. The van der Waals surface area contributed by atoms with E-state index in [1.807, 2.05) is 18.5 Å². The van der Waals surface area contributed by atoms with E-state index in [0.29, 0.717) is 0 Å². The molecule has 0 bridgehead atoms. The van der Waals surface area contributed by atoms with Crippen LogP contribution in [0.25, 0.3) is 11.1 Å². The highest BCUT2D eigenvalue weighted by Crippen LogP contribution is 2.45. The van der Waals surface area contributed by atoms with E-state index in [4.69, 9.17) is 9.97 Å². The van der Waals surface area contributed by atoms with E-state index < -0.39 is 0 Å². The SMILES string of the molecule is Cc1cnc2c(c1)Cc1cc(C)cnc1N2c1ccccc1-c1ccccc1. The monoisotopic (exact) mass is 363 g/mol. The number of aromatic nitrogens is 2. The highest BCUT2D eigenvalue weighted by molar-refractivity contribution is 5.89. The zero-order valence-corrected chi connectivity index (χ0v) is 16.1. The smallest absolute Gasteiger partial charge is 0.142 e. The number of hydrogen-bond donors (Lipinski definition) is 0. The molecule has 4 aromatic rings. The number of fused-ring (bicyclic) bond motifs is 2. The molecular formula is C25H21N3. The topological polar surface area (TPSA) is 29.0 Å². The van der Waals surface area contributed by atoms with Crippen LogP contribution in [0.3, 0.4) is 0 Å². The second-order valence-electron chi connectivity index (χ2n) is 7.39. The zero-order valence-electron chi connectivity index (χ0n) is 16.1. The van der Waals surface area contributed by atoms with Crippen LogP contribution in [-0.4, -0.2) is 9.97 Å². The van der Waals surface area contributed by atoms with Crippen LogP contribution in [0.5, 0.6) is 0 Å². The lowest BCUT2D eigenvalue weighted by molar-refractivity contribution is 0.988. The first kappa shape index (κ1) is 16.7. The van der Waals surface area contributed by atoms with Crippen LogP contribution in [-0.2, 0) is 6.42 Å². The van der Waals surface area contributed by atoms with Crippen LogP contribution >= 0.6 is 0 Å². The van der Waals surface area contributed by atoms with E-state index in [9.17, 15) is 0 Å². The fourth-order valence-corrected chi connectivity index (χ4v) is 3.97. The fourth-order valence-electron chi connectivity index (χ4n) is 3.97. The van der Waals surface area contributed by atoms with Crippen LogP contribution in [0.15, 0.2) is 79.1 Å². The summed E-state index contributed by atoms with van der Waals surface area (Å²) in [5.74, 6) is 1.94. The van der Waals surface area contributed by atoms with Crippen LogP contribution < -0.4 is 4.90 Å². The standard InChI is InChI=1S/C25H21N3/c1-17-12-20-14-21-13-18(2)16-27-25(21)28(24(20)26-15-17)23-11-7-6-10-22(23)19-8-4-3-5-9-19/h3-13,15-16H,14H2,1-2H3. The normalized spacial score (nSPS) is 12.4. The molecule has 1 aliphatic rings. The maximum absolute atomic E-state index is 4.82. The third kappa shape index (κ3) is 2.76. The molecule has 0 unspecified atom stereocenters. The highest BCUT2D eigenvalue weighted by Gasteiger charge is 2.28. The van der Waals surface area contributed by atoms with Gasteiger partial charge in [0.1, 0.15) is 11.6 Å². The third-order valence-corrected chi connectivity index (χ3v) is 5.19. The maximum Gasteiger partial charge on any atom is 0.142 e. The van der Waals surface area contributed by atoms with Crippen LogP contribution in [0.1, 0.15) is 22.3 Å². The van der Waals surface area contributed by atoms with Gasteiger partial charge in [0.15, 0.2) is 0 Å². The molecule has 0 aliphatic carbocycles. The van der Waals surface area contributed by atoms with Crippen molar-refractivity contribution in [3.63, 3.8) is 0 Å². The lowest BCUT2D eigenvalue weighted by Crippen LogP contribution is -2.22. The van der Waals surface area contributed by atoms with Gasteiger partial charge in [-0.05, 0) is 36.6 Å². The Bertz CT molecular complexity index is 1110. The minimum absolute atomic E-state index is 0.859. The molecule has 3 nitrogen and oxygen atoms in total. The number of aryl methyl sites for hydroxylation is 2. The molecule has 0 saturated carbocycles. The Morgan fingerprint density at radius 1 is 0.714 bits per heavy atom. The van der Waals surface area contributed by atoms with Crippen LogP contribution in [0, 0.1) is 13.8 Å². The summed E-state index contributed by atoms with van der Waals surface area (Å²) in [6.07, 6.45) is 4.74. The molecule has 0 saturated heterocycles. The minimum Gasteiger partial charge on any atom is -0.278 e. The van der Waals surface area contributed by atoms with Crippen molar-refractivity contribution < 1.29 is 0 Å². The molecule has 28 heavy (non-hydrogen) atoms. The molecule has 0 atom stereocenters. The Labute approximate surface area is 165 Å². The summed E-state index contributed by atoms with van der Waals surface area (Å²) in [6.45, 7) is 4.19. The predicted octanol–water partition coefficient (Wildman–Crippen LogP) is 6.13. The number of hydrogen-bond acceptors (Lipinski definition) is 3. The predicted molar refractivity (Wildman–Crippen MR) is 114 cm³/mol. The Hall–Kier alpha value is -3.46. The van der Waals surface area contributed by atoms with E-state index in [1.54, 1.807) is 0 Å². The molecule has 2 aromatic carbocycles. The van der Waals surface area contributed by atoms with Gasteiger partial charge in [0.25, 0.3) is 0 Å². The van der Waals surface area contributed by atoms with Gasteiger partial charge in [0.2, 0.25) is 0 Å². The molecule has 0 amide bonds. The van der Waals surface area contributed by atoms with Crippen LogP contribution in [0.2, 0.25) is 0 Å². The highest BCUT2D eigenvalue weighted by atomic mass is 15.3. The molecule has 1 aliphatic heterocycles. The van der Waals surface area contributed by atoms with Gasteiger partial charge in [-0.25, -0.2) is 9.97 Å². The first-order chi connectivity index (χ1) is 13.7. The number of anilines is 3. The molecule has 0 spiro atoms. The van der Waals surface area contributed by atoms with Crippen molar-refractivity contribution >= 4 is 17.3 Å². The molecule has 3 heteroatoms. The molecule has 0 radical (unpaired) electrons. The van der Waals surface area contributed by atoms with Gasteiger partial charge in [-0.2, -0.15) is 0 Å². The lowest BCUT2D eigenvalue weighted by Gasteiger charge is -2.32. The van der Waals surface area contributed by atoms with Gasteiger partial charge < -0.3 is 0 Å². The fraction of sp³-hybridized carbons (Fsp3) is 0.120. The Morgan fingerprint density at radius 2 is 1.29 bits per heavy atom. The van der Waals surface area contributed by atoms with Crippen molar-refractivity contribution in [3.05, 3.63) is 101 Å². The molecule has 136 valence electrons. The van der Waals surface area contributed by atoms with E-state index in [2.05, 4.69) is 79.4 Å².